The first-order valence-electron chi connectivity index (χ1n) is 6.45. The van der Waals surface area contributed by atoms with Crippen molar-refractivity contribution in [3.63, 3.8) is 0 Å². The first kappa shape index (κ1) is 15.3. The lowest BCUT2D eigenvalue weighted by molar-refractivity contribution is -0.136. The zero-order chi connectivity index (χ0) is 15.5. The van der Waals surface area contributed by atoms with E-state index in [0.29, 0.717) is 5.56 Å². The Bertz CT molecular complexity index is 736. The first-order chi connectivity index (χ1) is 9.92. The van der Waals surface area contributed by atoms with Gasteiger partial charge in [0.15, 0.2) is 15.1 Å². The number of aryl methyl sites for hydroxylation is 1. The van der Waals surface area contributed by atoms with Gasteiger partial charge in [0.25, 0.3) is 0 Å². The Kier molecular flexibility index (Phi) is 4.43. The van der Waals surface area contributed by atoms with E-state index in [-0.39, 0.29) is 11.3 Å². The van der Waals surface area contributed by atoms with Gasteiger partial charge in [-0.15, -0.1) is 0 Å². The van der Waals surface area contributed by atoms with E-state index in [0.717, 1.165) is 5.56 Å². The lowest BCUT2D eigenvalue weighted by Gasteiger charge is -2.15. The molecule has 5 heteroatoms. The fourth-order valence-electron chi connectivity index (χ4n) is 2.20. The van der Waals surface area contributed by atoms with Gasteiger partial charge in [0.05, 0.1) is 5.75 Å². The molecular weight excluding hydrogens is 288 g/mol. The van der Waals surface area contributed by atoms with Crippen LogP contribution in [0.4, 0.5) is 0 Å². The number of benzene rings is 2. The van der Waals surface area contributed by atoms with Crippen LogP contribution in [-0.4, -0.2) is 19.5 Å². The Balaban J connectivity index is 2.41. The summed E-state index contributed by atoms with van der Waals surface area (Å²) < 4.78 is 25.0. The Morgan fingerprint density at radius 2 is 1.62 bits per heavy atom. The summed E-state index contributed by atoms with van der Waals surface area (Å²) in [6, 6.07) is 15.1. The highest BCUT2D eigenvalue weighted by Gasteiger charge is 2.34. The third-order valence-electron chi connectivity index (χ3n) is 3.30. The summed E-state index contributed by atoms with van der Waals surface area (Å²) in [5.74, 6) is -1.64. The molecule has 1 N–H and O–H groups in total. The Morgan fingerprint density at radius 3 is 2.19 bits per heavy atom. The number of carboxylic acid groups (broad SMARTS) is 1. The molecule has 4 nitrogen and oxygen atoms in total. The second kappa shape index (κ2) is 6.10. The van der Waals surface area contributed by atoms with Gasteiger partial charge in [0.2, 0.25) is 0 Å². The maximum atomic E-state index is 12.5. The standard InChI is InChI=1S/C16H16O4S/c1-12-7-5-6-10-14(12)11-21(19,20)15(16(17)18)13-8-3-2-4-9-13/h2-10,15H,11H2,1H3,(H,17,18). The van der Waals surface area contributed by atoms with Crippen LogP contribution in [0.25, 0.3) is 0 Å². The Labute approximate surface area is 124 Å². The largest absolute Gasteiger partial charge is 0.480 e. The van der Waals surface area contributed by atoms with E-state index in [2.05, 4.69) is 0 Å². The highest BCUT2D eigenvalue weighted by molar-refractivity contribution is 7.91. The van der Waals surface area contributed by atoms with E-state index < -0.39 is 21.1 Å². The van der Waals surface area contributed by atoms with Crippen molar-refractivity contribution in [3.05, 3.63) is 71.3 Å². The Morgan fingerprint density at radius 1 is 1.05 bits per heavy atom. The molecule has 0 aliphatic heterocycles. The van der Waals surface area contributed by atoms with Gasteiger partial charge in [-0.05, 0) is 23.6 Å². The van der Waals surface area contributed by atoms with Crippen molar-refractivity contribution in [2.45, 2.75) is 17.9 Å². The predicted molar refractivity (Wildman–Crippen MR) is 80.6 cm³/mol. The summed E-state index contributed by atoms with van der Waals surface area (Å²) in [7, 11) is -3.85. The lowest BCUT2D eigenvalue weighted by Crippen LogP contribution is -2.23. The number of carboxylic acids is 1. The molecule has 0 fully saturated rings. The monoisotopic (exact) mass is 304 g/mol. The molecule has 0 saturated carbocycles. The molecule has 0 amide bonds. The normalized spacial score (nSPS) is 12.8. The molecule has 0 heterocycles. The van der Waals surface area contributed by atoms with Gasteiger partial charge >= 0.3 is 5.97 Å². The first-order valence-corrected chi connectivity index (χ1v) is 8.17. The minimum Gasteiger partial charge on any atom is -0.480 e. The van der Waals surface area contributed by atoms with Crippen molar-refractivity contribution in [2.75, 3.05) is 0 Å². The summed E-state index contributed by atoms with van der Waals surface area (Å²) in [6.45, 7) is 1.81. The summed E-state index contributed by atoms with van der Waals surface area (Å²) in [6.07, 6.45) is 0. The minimum absolute atomic E-state index is 0.276. The van der Waals surface area contributed by atoms with Crippen LogP contribution in [0.15, 0.2) is 54.6 Å². The maximum absolute atomic E-state index is 12.5. The highest BCUT2D eigenvalue weighted by atomic mass is 32.2. The third-order valence-corrected chi connectivity index (χ3v) is 5.21. The SMILES string of the molecule is Cc1ccccc1CS(=O)(=O)C(C(=O)O)c1ccccc1. The van der Waals surface area contributed by atoms with Crippen LogP contribution in [0.2, 0.25) is 0 Å². The molecule has 0 aliphatic carbocycles. The van der Waals surface area contributed by atoms with E-state index in [9.17, 15) is 18.3 Å². The van der Waals surface area contributed by atoms with E-state index >= 15 is 0 Å². The van der Waals surface area contributed by atoms with Gasteiger partial charge in [0, 0.05) is 0 Å². The third kappa shape index (κ3) is 3.49. The maximum Gasteiger partial charge on any atom is 0.326 e. The molecule has 0 aromatic heterocycles. The average Bonchev–Trinajstić information content (AvgIpc) is 2.41. The number of aliphatic carboxylic acids is 1. The highest BCUT2D eigenvalue weighted by Crippen LogP contribution is 2.27. The van der Waals surface area contributed by atoms with Crippen LogP contribution in [0.5, 0.6) is 0 Å². The van der Waals surface area contributed by atoms with Crippen molar-refractivity contribution in [1.29, 1.82) is 0 Å². The topological polar surface area (TPSA) is 71.4 Å². The molecule has 2 aromatic rings. The summed E-state index contributed by atoms with van der Waals surface area (Å²) in [4.78, 5) is 11.4. The molecule has 1 unspecified atom stereocenters. The molecule has 1 atom stereocenters. The van der Waals surface area contributed by atoms with Gasteiger partial charge < -0.3 is 5.11 Å². The van der Waals surface area contributed by atoms with Crippen LogP contribution >= 0.6 is 0 Å². The van der Waals surface area contributed by atoms with Crippen molar-refractivity contribution >= 4 is 15.8 Å². The van der Waals surface area contributed by atoms with Gasteiger partial charge in [-0.2, -0.15) is 0 Å². The molecule has 0 bridgehead atoms. The zero-order valence-electron chi connectivity index (χ0n) is 11.6. The number of sulfone groups is 1. The van der Waals surface area contributed by atoms with Crippen LogP contribution in [0, 0.1) is 6.92 Å². The average molecular weight is 304 g/mol. The van der Waals surface area contributed by atoms with E-state index in [4.69, 9.17) is 0 Å². The molecule has 21 heavy (non-hydrogen) atoms. The number of hydrogen-bond donors (Lipinski definition) is 1. The molecule has 0 radical (unpaired) electrons. The minimum atomic E-state index is -3.85. The zero-order valence-corrected chi connectivity index (χ0v) is 12.4. The quantitative estimate of drug-likeness (QED) is 0.922. The lowest BCUT2D eigenvalue weighted by atomic mass is 10.1. The van der Waals surface area contributed by atoms with Gasteiger partial charge in [-0.1, -0.05) is 54.6 Å². The van der Waals surface area contributed by atoms with Crippen molar-refractivity contribution in [3.8, 4) is 0 Å². The van der Waals surface area contributed by atoms with Crippen molar-refractivity contribution in [2.24, 2.45) is 0 Å². The molecule has 2 rings (SSSR count). The fraction of sp³-hybridized carbons (Fsp3) is 0.188. The molecule has 110 valence electrons. The fourth-order valence-corrected chi connectivity index (χ4v) is 4.01. The molecule has 2 aromatic carbocycles. The van der Waals surface area contributed by atoms with Crippen molar-refractivity contribution in [1.82, 2.24) is 0 Å². The number of rotatable bonds is 5. The summed E-state index contributed by atoms with van der Waals surface area (Å²) in [5, 5.41) is 7.79. The second-order valence-electron chi connectivity index (χ2n) is 4.86. The van der Waals surface area contributed by atoms with Crippen LogP contribution in [0.1, 0.15) is 21.9 Å². The summed E-state index contributed by atoms with van der Waals surface area (Å²) >= 11 is 0. The van der Waals surface area contributed by atoms with E-state index in [1.54, 1.807) is 30.3 Å². The van der Waals surface area contributed by atoms with E-state index in [1.807, 2.05) is 19.1 Å². The molecule has 0 spiro atoms. The smallest absolute Gasteiger partial charge is 0.326 e. The van der Waals surface area contributed by atoms with Crippen LogP contribution < -0.4 is 0 Å². The van der Waals surface area contributed by atoms with Gasteiger partial charge in [-0.3, -0.25) is 4.79 Å². The van der Waals surface area contributed by atoms with Gasteiger partial charge in [-0.25, -0.2) is 8.42 Å². The molecule has 0 saturated heterocycles. The Hall–Kier alpha value is -2.14. The van der Waals surface area contributed by atoms with Crippen LogP contribution in [-0.2, 0) is 20.4 Å². The van der Waals surface area contributed by atoms with Crippen molar-refractivity contribution < 1.29 is 18.3 Å². The van der Waals surface area contributed by atoms with Crippen LogP contribution in [0.3, 0.4) is 0 Å². The molecular formula is C16H16O4S. The van der Waals surface area contributed by atoms with Gasteiger partial charge in [0.1, 0.15) is 0 Å². The second-order valence-corrected chi connectivity index (χ2v) is 6.95. The number of carbonyl (C=O) groups is 1. The van der Waals surface area contributed by atoms with E-state index in [1.165, 1.54) is 12.1 Å². The summed E-state index contributed by atoms with van der Waals surface area (Å²) in [5.41, 5.74) is 1.73. The predicted octanol–water partition coefficient (Wildman–Crippen LogP) is 2.74. The number of hydrogen-bond acceptors (Lipinski definition) is 3. The molecule has 0 aliphatic rings.